The number of halogens is 2. The molecule has 2 atom stereocenters. The van der Waals surface area contributed by atoms with Gasteiger partial charge in [-0.05, 0) is 50.1 Å². The Labute approximate surface area is 182 Å². The predicted molar refractivity (Wildman–Crippen MR) is 121 cm³/mol. The average molecular weight is 430 g/mol. The molecule has 6 heteroatoms. The van der Waals surface area contributed by atoms with Crippen LogP contribution < -0.4 is 11.1 Å². The van der Waals surface area contributed by atoms with Crippen LogP contribution in [0.2, 0.25) is 0 Å². The molecule has 3 N–H and O–H groups in total. The molecule has 2 aliphatic rings. The Morgan fingerprint density at radius 1 is 1.18 bits per heavy atom. The molecule has 0 radical (unpaired) electrons. The summed E-state index contributed by atoms with van der Waals surface area (Å²) < 4.78 is 0. The van der Waals surface area contributed by atoms with E-state index < -0.39 is 0 Å². The van der Waals surface area contributed by atoms with Crippen LogP contribution in [0.5, 0.6) is 0 Å². The van der Waals surface area contributed by atoms with Crippen molar-refractivity contribution in [1.29, 1.82) is 0 Å². The number of nitrogens with zero attached hydrogens (tertiary/aromatic N) is 1. The van der Waals surface area contributed by atoms with E-state index in [2.05, 4.69) is 47.5 Å². The number of carbonyl (C=O) groups excluding carboxylic acids is 1. The third-order valence-electron chi connectivity index (χ3n) is 6.49. The second-order valence-electron chi connectivity index (χ2n) is 8.54. The first-order valence-corrected chi connectivity index (χ1v) is 10.4. The van der Waals surface area contributed by atoms with E-state index in [1.165, 1.54) is 24.8 Å². The summed E-state index contributed by atoms with van der Waals surface area (Å²) in [6.07, 6.45) is 8.65. The first-order chi connectivity index (χ1) is 12.6. The zero-order valence-corrected chi connectivity index (χ0v) is 18.7. The minimum atomic E-state index is 0. The second-order valence-corrected chi connectivity index (χ2v) is 8.54. The molecule has 160 valence electrons. The molecule has 3 rings (SSSR count). The molecular weight excluding hydrogens is 393 g/mol. The maximum atomic E-state index is 12.6. The van der Waals surface area contributed by atoms with Crippen molar-refractivity contribution in [2.75, 3.05) is 13.1 Å². The summed E-state index contributed by atoms with van der Waals surface area (Å²) in [5.74, 6) is 0.214. The molecule has 28 heavy (non-hydrogen) atoms. The van der Waals surface area contributed by atoms with Crippen LogP contribution in [0.4, 0.5) is 0 Å². The zero-order valence-electron chi connectivity index (χ0n) is 17.1. The highest BCUT2D eigenvalue weighted by Gasteiger charge is 2.34. The molecule has 2 fully saturated rings. The Morgan fingerprint density at radius 3 is 2.46 bits per heavy atom. The molecule has 1 aromatic carbocycles. The fourth-order valence-corrected chi connectivity index (χ4v) is 4.78. The lowest BCUT2D eigenvalue weighted by Gasteiger charge is -2.39. The van der Waals surface area contributed by atoms with Crippen molar-refractivity contribution in [2.24, 2.45) is 11.1 Å². The fourth-order valence-electron chi connectivity index (χ4n) is 4.78. The van der Waals surface area contributed by atoms with Crippen LogP contribution in [-0.2, 0) is 11.3 Å². The van der Waals surface area contributed by atoms with Gasteiger partial charge in [0, 0.05) is 31.6 Å². The minimum Gasteiger partial charge on any atom is -0.353 e. The molecule has 0 bridgehead atoms. The van der Waals surface area contributed by atoms with Gasteiger partial charge in [0.2, 0.25) is 5.91 Å². The van der Waals surface area contributed by atoms with Crippen LogP contribution in [-0.4, -0.2) is 36.0 Å². The van der Waals surface area contributed by atoms with Gasteiger partial charge in [-0.25, -0.2) is 0 Å². The topological polar surface area (TPSA) is 58.4 Å². The normalized spacial score (nSPS) is 24.5. The zero-order chi connectivity index (χ0) is 18.4. The summed E-state index contributed by atoms with van der Waals surface area (Å²) in [4.78, 5) is 15.2. The molecule has 1 aromatic rings. The molecule has 1 aliphatic heterocycles. The SMILES string of the molecule is CC1CC(NC(=O)CC2(CN)CCCCC2)CCN1Cc1ccccc1.Cl.Cl. The van der Waals surface area contributed by atoms with Crippen molar-refractivity contribution in [1.82, 2.24) is 10.2 Å². The van der Waals surface area contributed by atoms with Gasteiger partial charge in [0.1, 0.15) is 0 Å². The lowest BCUT2D eigenvalue weighted by Crippen LogP contribution is -2.49. The lowest BCUT2D eigenvalue weighted by atomic mass is 9.71. The number of nitrogens with two attached hydrogens (primary N) is 1. The maximum Gasteiger partial charge on any atom is 0.220 e. The maximum absolute atomic E-state index is 12.6. The average Bonchev–Trinajstić information content (AvgIpc) is 2.65. The van der Waals surface area contributed by atoms with Crippen molar-refractivity contribution in [3.05, 3.63) is 35.9 Å². The number of benzene rings is 1. The number of hydrogen-bond donors (Lipinski definition) is 2. The van der Waals surface area contributed by atoms with E-state index in [9.17, 15) is 4.79 Å². The van der Waals surface area contributed by atoms with Crippen LogP contribution in [0.25, 0.3) is 0 Å². The Morgan fingerprint density at radius 2 is 1.86 bits per heavy atom. The molecule has 4 nitrogen and oxygen atoms in total. The van der Waals surface area contributed by atoms with E-state index in [0.717, 1.165) is 38.8 Å². The Balaban J connectivity index is 0.00000196. The third kappa shape index (κ3) is 6.91. The quantitative estimate of drug-likeness (QED) is 0.708. The van der Waals surface area contributed by atoms with Gasteiger partial charge >= 0.3 is 0 Å². The number of hydrogen-bond acceptors (Lipinski definition) is 3. The van der Waals surface area contributed by atoms with E-state index in [4.69, 9.17) is 5.73 Å². The standard InChI is InChI=1S/C22H35N3O.2ClH/c1-18-14-20(10-13-25(18)16-19-8-4-2-5-9-19)24-21(26)15-22(17-23)11-6-3-7-12-22;;/h2,4-5,8-9,18,20H,3,6-7,10-17,23H2,1H3,(H,24,26);2*1H. The molecule has 1 aliphatic carbocycles. The van der Waals surface area contributed by atoms with Crippen molar-refractivity contribution in [3.8, 4) is 0 Å². The van der Waals surface area contributed by atoms with Gasteiger partial charge in [-0.15, -0.1) is 24.8 Å². The van der Waals surface area contributed by atoms with Gasteiger partial charge in [0.25, 0.3) is 0 Å². The second kappa shape index (κ2) is 12.0. The molecule has 0 aromatic heterocycles. The van der Waals surface area contributed by atoms with Gasteiger partial charge in [0.15, 0.2) is 0 Å². The summed E-state index contributed by atoms with van der Waals surface area (Å²) >= 11 is 0. The van der Waals surface area contributed by atoms with E-state index in [0.29, 0.717) is 25.0 Å². The van der Waals surface area contributed by atoms with Crippen molar-refractivity contribution < 1.29 is 4.79 Å². The Bertz CT molecular complexity index is 578. The highest BCUT2D eigenvalue weighted by molar-refractivity contribution is 5.85. The van der Waals surface area contributed by atoms with Gasteiger partial charge in [0.05, 0.1) is 0 Å². The summed E-state index contributed by atoms with van der Waals surface area (Å²) in [5, 5.41) is 3.32. The van der Waals surface area contributed by atoms with E-state index >= 15 is 0 Å². The van der Waals surface area contributed by atoms with Gasteiger partial charge in [-0.1, -0.05) is 49.6 Å². The first kappa shape index (κ1) is 25.2. The Hall–Kier alpha value is -0.810. The highest BCUT2D eigenvalue weighted by Crippen LogP contribution is 2.38. The fraction of sp³-hybridized carbons (Fsp3) is 0.682. The molecule has 1 amide bonds. The number of amides is 1. The molecule has 1 saturated heterocycles. The van der Waals surface area contributed by atoms with Crippen LogP contribution in [0.3, 0.4) is 0 Å². The van der Waals surface area contributed by atoms with Crippen LogP contribution in [0.15, 0.2) is 30.3 Å². The summed E-state index contributed by atoms with van der Waals surface area (Å²) in [5.41, 5.74) is 7.47. The lowest BCUT2D eigenvalue weighted by molar-refractivity contribution is -0.125. The predicted octanol–water partition coefficient (Wildman–Crippen LogP) is 4.30. The molecular formula is C22H37Cl2N3O. The number of piperidine rings is 1. The molecule has 1 saturated carbocycles. The molecule has 2 unspecified atom stereocenters. The molecule has 1 heterocycles. The van der Waals surface area contributed by atoms with Crippen molar-refractivity contribution in [3.63, 3.8) is 0 Å². The summed E-state index contributed by atoms with van der Waals surface area (Å²) in [6, 6.07) is 11.5. The van der Waals surface area contributed by atoms with Crippen molar-refractivity contribution >= 4 is 30.7 Å². The van der Waals surface area contributed by atoms with E-state index in [-0.39, 0.29) is 36.1 Å². The van der Waals surface area contributed by atoms with E-state index in [1.807, 2.05) is 0 Å². The van der Waals surface area contributed by atoms with Gasteiger partial charge in [-0.2, -0.15) is 0 Å². The van der Waals surface area contributed by atoms with Crippen molar-refractivity contribution in [2.45, 2.75) is 76.9 Å². The summed E-state index contributed by atoms with van der Waals surface area (Å²) in [6.45, 7) is 4.97. The third-order valence-corrected chi connectivity index (χ3v) is 6.49. The number of likely N-dealkylation sites (tertiary alicyclic amines) is 1. The monoisotopic (exact) mass is 429 g/mol. The van der Waals surface area contributed by atoms with Gasteiger partial charge < -0.3 is 11.1 Å². The Kier molecular flexibility index (Phi) is 10.8. The van der Waals surface area contributed by atoms with Crippen LogP contribution in [0.1, 0.15) is 63.9 Å². The highest BCUT2D eigenvalue weighted by atomic mass is 35.5. The molecule has 0 spiro atoms. The summed E-state index contributed by atoms with van der Waals surface area (Å²) in [7, 11) is 0. The number of rotatable bonds is 6. The van der Waals surface area contributed by atoms with E-state index in [1.54, 1.807) is 0 Å². The first-order valence-electron chi connectivity index (χ1n) is 10.4. The van der Waals surface area contributed by atoms with Crippen LogP contribution in [0, 0.1) is 5.41 Å². The minimum absolute atomic E-state index is 0. The van der Waals surface area contributed by atoms with Gasteiger partial charge in [-0.3, -0.25) is 9.69 Å². The largest absolute Gasteiger partial charge is 0.353 e. The number of nitrogens with one attached hydrogen (secondary N) is 1. The number of carbonyl (C=O) groups is 1. The van der Waals surface area contributed by atoms with Crippen LogP contribution >= 0.6 is 24.8 Å². The smallest absolute Gasteiger partial charge is 0.220 e.